The first-order chi connectivity index (χ1) is 11.6. The quantitative estimate of drug-likeness (QED) is 0.834. The predicted octanol–water partition coefficient (Wildman–Crippen LogP) is 4.13. The smallest absolute Gasteiger partial charge is 0.187 e. The second-order valence-corrected chi connectivity index (χ2v) is 6.31. The number of nitrogens with two attached hydrogens (primary N) is 1. The Morgan fingerprint density at radius 3 is 2.50 bits per heavy atom. The topological polar surface area (TPSA) is 50.8 Å². The molecule has 2 aromatic carbocycles. The van der Waals surface area contributed by atoms with E-state index >= 15 is 0 Å². The zero-order valence-corrected chi connectivity index (χ0v) is 14.8. The van der Waals surface area contributed by atoms with Crippen molar-refractivity contribution in [3.05, 3.63) is 64.7 Å². The maximum atomic E-state index is 5.96. The van der Waals surface area contributed by atoms with Gasteiger partial charge in [0.15, 0.2) is 5.11 Å². The van der Waals surface area contributed by atoms with E-state index in [4.69, 9.17) is 34.3 Å². The molecule has 0 fully saturated rings. The van der Waals surface area contributed by atoms with E-state index in [1.165, 1.54) is 0 Å². The molecule has 0 saturated heterocycles. The lowest BCUT2D eigenvalue weighted by molar-refractivity contribution is 0.339. The van der Waals surface area contributed by atoms with Gasteiger partial charge in [0.2, 0.25) is 0 Å². The first-order valence-electron chi connectivity index (χ1n) is 7.73. The molecule has 0 aliphatic carbocycles. The third kappa shape index (κ3) is 3.52. The number of benzene rings is 2. The Bertz CT molecular complexity index is 759. The second kappa shape index (κ2) is 7.20. The van der Waals surface area contributed by atoms with E-state index in [1.54, 1.807) is 5.01 Å². The maximum absolute atomic E-state index is 5.96. The SMILES string of the molecule is CCOc1ccc(C2CC(c3ccc(Cl)cc3)=NN2C(N)=S)cc1. The highest BCUT2D eigenvalue weighted by Crippen LogP contribution is 2.33. The lowest BCUT2D eigenvalue weighted by Gasteiger charge is -2.22. The fourth-order valence-electron chi connectivity index (χ4n) is 2.74. The summed E-state index contributed by atoms with van der Waals surface area (Å²) in [6.07, 6.45) is 0.729. The van der Waals surface area contributed by atoms with Crippen molar-refractivity contribution in [2.75, 3.05) is 6.61 Å². The predicted molar refractivity (Wildman–Crippen MR) is 102 cm³/mol. The van der Waals surface area contributed by atoms with Crippen molar-refractivity contribution >= 4 is 34.6 Å². The number of hydrogen-bond donors (Lipinski definition) is 1. The normalized spacial score (nSPS) is 16.8. The minimum absolute atomic E-state index is 0.0103. The molecule has 3 rings (SSSR count). The molecular formula is C18H18ClN3OS. The summed E-state index contributed by atoms with van der Waals surface area (Å²) < 4.78 is 5.49. The van der Waals surface area contributed by atoms with Gasteiger partial charge in [-0.25, -0.2) is 5.01 Å². The van der Waals surface area contributed by atoms with Crippen LogP contribution in [0.4, 0.5) is 0 Å². The Labute approximate surface area is 151 Å². The number of thiocarbonyl (C=S) groups is 1. The fraction of sp³-hybridized carbons (Fsp3) is 0.222. The number of hydrazone groups is 1. The Morgan fingerprint density at radius 2 is 1.92 bits per heavy atom. The maximum Gasteiger partial charge on any atom is 0.187 e. The molecule has 1 heterocycles. The highest BCUT2D eigenvalue weighted by Gasteiger charge is 2.30. The van der Waals surface area contributed by atoms with Crippen LogP contribution in [0.2, 0.25) is 5.02 Å². The molecule has 2 N–H and O–H groups in total. The number of hydrogen-bond acceptors (Lipinski definition) is 3. The molecule has 1 aliphatic heterocycles. The Balaban J connectivity index is 1.86. The van der Waals surface area contributed by atoms with Gasteiger partial charge in [0.05, 0.1) is 18.4 Å². The van der Waals surface area contributed by atoms with Crippen molar-refractivity contribution in [1.29, 1.82) is 0 Å². The summed E-state index contributed by atoms with van der Waals surface area (Å²) in [7, 11) is 0. The van der Waals surface area contributed by atoms with Crippen LogP contribution < -0.4 is 10.5 Å². The van der Waals surface area contributed by atoms with Gasteiger partial charge in [-0.05, 0) is 54.5 Å². The van der Waals surface area contributed by atoms with Crippen LogP contribution in [0.1, 0.15) is 30.5 Å². The fourth-order valence-corrected chi connectivity index (χ4v) is 3.04. The van der Waals surface area contributed by atoms with Crippen molar-refractivity contribution in [3.63, 3.8) is 0 Å². The molecule has 0 radical (unpaired) electrons. The van der Waals surface area contributed by atoms with Crippen LogP contribution in [-0.4, -0.2) is 22.4 Å². The molecule has 1 unspecified atom stereocenters. The molecule has 1 atom stereocenters. The number of ether oxygens (including phenoxy) is 1. The van der Waals surface area contributed by atoms with E-state index in [0.717, 1.165) is 29.0 Å². The molecular weight excluding hydrogens is 342 g/mol. The molecule has 1 aliphatic rings. The molecule has 6 heteroatoms. The van der Waals surface area contributed by atoms with Crippen LogP contribution in [-0.2, 0) is 0 Å². The Hall–Kier alpha value is -2.11. The molecule has 0 amide bonds. The van der Waals surface area contributed by atoms with Crippen molar-refractivity contribution in [2.45, 2.75) is 19.4 Å². The molecule has 0 saturated carbocycles. The second-order valence-electron chi connectivity index (χ2n) is 5.46. The van der Waals surface area contributed by atoms with Gasteiger partial charge in [-0.3, -0.25) is 0 Å². The van der Waals surface area contributed by atoms with Gasteiger partial charge in [0.25, 0.3) is 0 Å². The van der Waals surface area contributed by atoms with E-state index in [0.29, 0.717) is 11.6 Å². The van der Waals surface area contributed by atoms with Gasteiger partial charge >= 0.3 is 0 Å². The zero-order chi connectivity index (χ0) is 17.1. The van der Waals surface area contributed by atoms with Gasteiger partial charge in [-0.1, -0.05) is 35.9 Å². The van der Waals surface area contributed by atoms with Crippen LogP contribution in [0.5, 0.6) is 5.75 Å². The third-order valence-electron chi connectivity index (χ3n) is 3.89. The van der Waals surface area contributed by atoms with Gasteiger partial charge in [0, 0.05) is 11.4 Å². The van der Waals surface area contributed by atoms with Crippen molar-refractivity contribution in [3.8, 4) is 5.75 Å². The van der Waals surface area contributed by atoms with Crippen molar-refractivity contribution in [2.24, 2.45) is 10.8 Å². The lowest BCUT2D eigenvalue weighted by Crippen LogP contribution is -2.31. The van der Waals surface area contributed by atoms with Crippen molar-refractivity contribution < 1.29 is 4.74 Å². The molecule has 24 heavy (non-hydrogen) atoms. The van der Waals surface area contributed by atoms with E-state index in [-0.39, 0.29) is 11.2 Å². The summed E-state index contributed by atoms with van der Waals surface area (Å²) in [5, 5.41) is 7.28. The van der Waals surface area contributed by atoms with E-state index in [9.17, 15) is 0 Å². The third-order valence-corrected chi connectivity index (χ3v) is 4.33. The standard InChI is InChI=1S/C18H18ClN3OS/c1-2-23-15-9-5-13(6-10-15)17-11-16(21-22(17)18(20)24)12-3-7-14(19)8-4-12/h3-10,17H,2,11H2,1H3,(H2,20,24). The van der Waals surface area contributed by atoms with Crippen LogP contribution in [0.25, 0.3) is 0 Å². The summed E-state index contributed by atoms with van der Waals surface area (Å²) >= 11 is 11.1. The number of halogens is 1. The first-order valence-corrected chi connectivity index (χ1v) is 8.52. The van der Waals surface area contributed by atoms with Gasteiger partial charge in [-0.2, -0.15) is 5.10 Å². The number of rotatable bonds is 4. The lowest BCUT2D eigenvalue weighted by atomic mass is 9.98. The Kier molecular flexibility index (Phi) is 5.02. The van der Waals surface area contributed by atoms with Crippen LogP contribution in [0.15, 0.2) is 53.6 Å². The van der Waals surface area contributed by atoms with E-state index < -0.39 is 0 Å². The first kappa shape index (κ1) is 16.7. The minimum Gasteiger partial charge on any atom is -0.494 e. The summed E-state index contributed by atoms with van der Waals surface area (Å²) in [6, 6.07) is 15.6. The summed E-state index contributed by atoms with van der Waals surface area (Å²) in [5.74, 6) is 0.847. The molecule has 2 aromatic rings. The monoisotopic (exact) mass is 359 g/mol. The molecule has 4 nitrogen and oxygen atoms in total. The Morgan fingerprint density at radius 1 is 1.25 bits per heavy atom. The van der Waals surface area contributed by atoms with Gasteiger partial charge < -0.3 is 10.5 Å². The highest BCUT2D eigenvalue weighted by molar-refractivity contribution is 7.80. The molecule has 0 spiro atoms. The van der Waals surface area contributed by atoms with E-state index in [1.807, 2.05) is 55.5 Å². The van der Waals surface area contributed by atoms with E-state index in [2.05, 4.69) is 5.10 Å². The van der Waals surface area contributed by atoms with Crippen LogP contribution >= 0.6 is 23.8 Å². The van der Waals surface area contributed by atoms with Gasteiger partial charge in [0.1, 0.15) is 5.75 Å². The summed E-state index contributed by atoms with van der Waals surface area (Å²) in [5.41, 5.74) is 8.93. The minimum atomic E-state index is -0.0103. The highest BCUT2D eigenvalue weighted by atomic mass is 35.5. The molecule has 124 valence electrons. The average molecular weight is 360 g/mol. The van der Waals surface area contributed by atoms with Crippen LogP contribution in [0.3, 0.4) is 0 Å². The summed E-state index contributed by atoms with van der Waals surface area (Å²) in [4.78, 5) is 0. The van der Waals surface area contributed by atoms with Crippen LogP contribution in [0, 0.1) is 0 Å². The number of nitrogens with zero attached hydrogens (tertiary/aromatic N) is 2. The summed E-state index contributed by atoms with van der Waals surface area (Å²) in [6.45, 7) is 2.61. The zero-order valence-electron chi connectivity index (χ0n) is 13.3. The molecule has 0 bridgehead atoms. The average Bonchev–Trinajstić information content (AvgIpc) is 3.02. The molecule has 0 aromatic heterocycles. The van der Waals surface area contributed by atoms with Crippen molar-refractivity contribution in [1.82, 2.24) is 5.01 Å². The van der Waals surface area contributed by atoms with Gasteiger partial charge in [-0.15, -0.1) is 0 Å². The largest absolute Gasteiger partial charge is 0.494 e.